The molecule has 1 fully saturated rings. The molecule has 1 aliphatic carbocycles. The first kappa shape index (κ1) is 10.7. The Morgan fingerprint density at radius 2 is 2.47 bits per heavy atom. The van der Waals surface area contributed by atoms with E-state index in [9.17, 15) is 5.11 Å². The molecule has 0 aliphatic heterocycles. The lowest BCUT2D eigenvalue weighted by atomic mass is 10.0. The largest absolute Gasteiger partial charge is 0.468 e. The molecule has 1 heterocycles. The highest BCUT2D eigenvalue weighted by Gasteiger charge is 2.28. The average molecular weight is 209 g/mol. The van der Waals surface area contributed by atoms with Crippen LogP contribution in [0.2, 0.25) is 0 Å². The van der Waals surface area contributed by atoms with Gasteiger partial charge in [0.15, 0.2) is 0 Å². The van der Waals surface area contributed by atoms with Gasteiger partial charge >= 0.3 is 0 Å². The average Bonchev–Trinajstić information content (AvgIpc) is 2.87. The maximum Gasteiger partial charge on any atom is 0.120 e. The van der Waals surface area contributed by atoms with E-state index in [-0.39, 0.29) is 6.04 Å². The van der Waals surface area contributed by atoms with Gasteiger partial charge in [0.1, 0.15) is 5.76 Å². The van der Waals surface area contributed by atoms with Crippen LogP contribution in [0.3, 0.4) is 0 Å². The summed E-state index contributed by atoms with van der Waals surface area (Å²) in [4.78, 5) is 0. The van der Waals surface area contributed by atoms with Gasteiger partial charge in [-0.1, -0.05) is 6.42 Å². The number of hydrogen-bond acceptors (Lipinski definition) is 3. The summed E-state index contributed by atoms with van der Waals surface area (Å²) < 4.78 is 5.35. The molecule has 0 bridgehead atoms. The van der Waals surface area contributed by atoms with E-state index in [1.54, 1.807) is 6.26 Å². The molecular formula is C12H19NO2. The minimum Gasteiger partial charge on any atom is -0.468 e. The van der Waals surface area contributed by atoms with Gasteiger partial charge in [0, 0.05) is 12.6 Å². The van der Waals surface area contributed by atoms with Crippen molar-refractivity contribution < 1.29 is 9.52 Å². The molecular weight excluding hydrogens is 190 g/mol. The maximum absolute atomic E-state index is 9.22. The Balaban J connectivity index is 1.91. The van der Waals surface area contributed by atoms with Crippen molar-refractivity contribution in [3.8, 4) is 0 Å². The molecule has 0 radical (unpaired) electrons. The van der Waals surface area contributed by atoms with E-state index in [4.69, 9.17) is 4.42 Å². The highest BCUT2D eigenvalue weighted by atomic mass is 16.3. The summed E-state index contributed by atoms with van der Waals surface area (Å²) in [5.41, 5.74) is 0. The summed E-state index contributed by atoms with van der Waals surface area (Å²) in [6.07, 6.45) is 5.22. The zero-order valence-corrected chi connectivity index (χ0v) is 9.15. The third kappa shape index (κ3) is 2.41. The summed E-state index contributed by atoms with van der Waals surface area (Å²) in [6.45, 7) is 2.40. The second kappa shape index (κ2) is 4.81. The van der Waals surface area contributed by atoms with Gasteiger partial charge in [0.05, 0.1) is 12.3 Å². The van der Waals surface area contributed by atoms with E-state index in [1.807, 2.05) is 12.1 Å². The van der Waals surface area contributed by atoms with Crippen LogP contribution in [0, 0.1) is 5.92 Å². The fourth-order valence-electron chi connectivity index (χ4n) is 2.42. The summed E-state index contributed by atoms with van der Waals surface area (Å²) >= 11 is 0. The minimum atomic E-state index is 0.233. The molecule has 0 saturated heterocycles. The fraction of sp³-hybridized carbons (Fsp3) is 0.667. The summed E-state index contributed by atoms with van der Waals surface area (Å²) in [5, 5.41) is 12.7. The Kier molecular flexibility index (Phi) is 3.44. The number of nitrogens with one attached hydrogen (secondary N) is 1. The van der Waals surface area contributed by atoms with Gasteiger partial charge in [0.2, 0.25) is 0 Å². The first-order valence-electron chi connectivity index (χ1n) is 5.71. The van der Waals surface area contributed by atoms with Gasteiger partial charge in [-0.25, -0.2) is 0 Å². The minimum absolute atomic E-state index is 0.233. The molecule has 1 aromatic heterocycles. The molecule has 3 unspecified atom stereocenters. The zero-order chi connectivity index (χ0) is 10.7. The molecule has 15 heavy (non-hydrogen) atoms. The predicted molar refractivity (Wildman–Crippen MR) is 58.5 cm³/mol. The van der Waals surface area contributed by atoms with Gasteiger partial charge in [-0.15, -0.1) is 0 Å². The Morgan fingerprint density at radius 3 is 3.13 bits per heavy atom. The molecule has 0 amide bonds. The van der Waals surface area contributed by atoms with E-state index >= 15 is 0 Å². The van der Waals surface area contributed by atoms with E-state index in [1.165, 1.54) is 6.42 Å². The molecule has 1 aliphatic rings. The fourth-order valence-corrected chi connectivity index (χ4v) is 2.42. The van der Waals surface area contributed by atoms with Crippen molar-refractivity contribution in [3.63, 3.8) is 0 Å². The Morgan fingerprint density at radius 1 is 1.60 bits per heavy atom. The topological polar surface area (TPSA) is 45.4 Å². The molecule has 2 N–H and O–H groups in total. The zero-order valence-electron chi connectivity index (χ0n) is 9.15. The third-order valence-electron chi connectivity index (χ3n) is 3.33. The summed E-state index contributed by atoms with van der Waals surface area (Å²) in [7, 11) is 0. The Labute approximate surface area is 90.5 Å². The normalized spacial score (nSPS) is 28.1. The summed E-state index contributed by atoms with van der Waals surface area (Å²) in [6, 6.07) is 4.57. The first-order valence-corrected chi connectivity index (χ1v) is 5.71. The molecule has 2 rings (SSSR count). The van der Waals surface area contributed by atoms with Crippen molar-refractivity contribution >= 4 is 0 Å². The highest BCUT2D eigenvalue weighted by molar-refractivity contribution is 5.04. The SMILES string of the molecule is CC(NC1CCCC1CO)c1ccco1. The van der Waals surface area contributed by atoms with Crippen LogP contribution in [0.15, 0.2) is 22.8 Å². The molecule has 84 valence electrons. The second-order valence-electron chi connectivity index (χ2n) is 4.38. The van der Waals surface area contributed by atoms with Gasteiger partial charge in [-0.05, 0) is 37.8 Å². The van der Waals surface area contributed by atoms with Crippen molar-refractivity contribution in [1.82, 2.24) is 5.32 Å². The van der Waals surface area contributed by atoms with Crippen LogP contribution in [-0.4, -0.2) is 17.8 Å². The number of aliphatic hydroxyl groups excluding tert-OH is 1. The Bertz CT molecular complexity index is 284. The standard InChI is InChI=1S/C12H19NO2/c1-9(12-6-3-7-15-12)13-11-5-2-4-10(11)8-14/h3,6-7,9-11,13-14H,2,4-5,8H2,1H3. The van der Waals surface area contributed by atoms with Crippen LogP contribution in [0.5, 0.6) is 0 Å². The monoisotopic (exact) mass is 209 g/mol. The van der Waals surface area contributed by atoms with E-state index in [0.717, 1.165) is 18.6 Å². The van der Waals surface area contributed by atoms with Crippen molar-refractivity contribution in [1.29, 1.82) is 0 Å². The van der Waals surface area contributed by atoms with Gasteiger partial charge in [-0.3, -0.25) is 0 Å². The van der Waals surface area contributed by atoms with Crippen LogP contribution >= 0.6 is 0 Å². The lowest BCUT2D eigenvalue weighted by Gasteiger charge is -2.22. The molecule has 3 heteroatoms. The molecule has 3 atom stereocenters. The molecule has 0 aromatic carbocycles. The number of aliphatic hydroxyl groups is 1. The van der Waals surface area contributed by atoms with Crippen LogP contribution in [0.4, 0.5) is 0 Å². The van der Waals surface area contributed by atoms with Crippen LogP contribution in [-0.2, 0) is 0 Å². The van der Waals surface area contributed by atoms with Gasteiger partial charge < -0.3 is 14.8 Å². The van der Waals surface area contributed by atoms with Crippen LogP contribution < -0.4 is 5.32 Å². The lowest BCUT2D eigenvalue weighted by molar-refractivity contribution is 0.198. The number of furan rings is 1. The molecule has 0 spiro atoms. The van der Waals surface area contributed by atoms with Crippen LogP contribution in [0.25, 0.3) is 0 Å². The van der Waals surface area contributed by atoms with Crippen LogP contribution in [0.1, 0.15) is 38.0 Å². The van der Waals surface area contributed by atoms with Crippen molar-refractivity contribution in [2.24, 2.45) is 5.92 Å². The quantitative estimate of drug-likeness (QED) is 0.798. The van der Waals surface area contributed by atoms with E-state index in [2.05, 4.69) is 12.2 Å². The van der Waals surface area contributed by atoms with Gasteiger partial charge in [0.25, 0.3) is 0 Å². The Hall–Kier alpha value is -0.800. The lowest BCUT2D eigenvalue weighted by Crippen LogP contribution is -2.35. The van der Waals surface area contributed by atoms with Crippen molar-refractivity contribution in [3.05, 3.63) is 24.2 Å². The molecule has 3 nitrogen and oxygen atoms in total. The predicted octanol–water partition coefficient (Wildman–Crippen LogP) is 2.09. The maximum atomic E-state index is 9.22. The summed E-state index contributed by atoms with van der Waals surface area (Å²) in [5.74, 6) is 1.39. The van der Waals surface area contributed by atoms with Crippen molar-refractivity contribution in [2.75, 3.05) is 6.61 Å². The van der Waals surface area contributed by atoms with E-state index in [0.29, 0.717) is 18.6 Å². The highest BCUT2D eigenvalue weighted by Crippen LogP contribution is 2.27. The number of rotatable bonds is 4. The molecule has 1 saturated carbocycles. The second-order valence-corrected chi connectivity index (χ2v) is 4.38. The van der Waals surface area contributed by atoms with E-state index < -0.39 is 0 Å². The first-order chi connectivity index (χ1) is 7.31. The molecule has 1 aromatic rings. The van der Waals surface area contributed by atoms with Crippen molar-refractivity contribution in [2.45, 2.75) is 38.3 Å². The third-order valence-corrected chi connectivity index (χ3v) is 3.33. The smallest absolute Gasteiger partial charge is 0.120 e. The number of hydrogen-bond donors (Lipinski definition) is 2. The van der Waals surface area contributed by atoms with Gasteiger partial charge in [-0.2, -0.15) is 0 Å².